The van der Waals surface area contributed by atoms with E-state index in [2.05, 4.69) is 18.5 Å². The summed E-state index contributed by atoms with van der Waals surface area (Å²) in [5.74, 6) is 0. The van der Waals surface area contributed by atoms with E-state index in [0.717, 1.165) is 5.70 Å². The van der Waals surface area contributed by atoms with Crippen molar-refractivity contribution in [2.24, 2.45) is 5.73 Å². The van der Waals surface area contributed by atoms with E-state index < -0.39 is 0 Å². The normalized spacial score (nSPS) is 12.7. The molecule has 0 rings (SSSR count). The zero-order valence-corrected chi connectivity index (χ0v) is 9.11. The molecule has 0 heterocycles. The van der Waals surface area contributed by atoms with Gasteiger partial charge in [-0.2, -0.15) is 0 Å². The van der Waals surface area contributed by atoms with Crippen LogP contribution >= 0.6 is 0 Å². The molecule has 0 aliphatic heterocycles. The molecule has 15 heavy (non-hydrogen) atoms. The lowest BCUT2D eigenvalue weighted by Gasteiger charge is -1.98. The summed E-state index contributed by atoms with van der Waals surface area (Å²) in [6.07, 6.45) is 14.7. The van der Waals surface area contributed by atoms with Gasteiger partial charge in [0.1, 0.15) is 0 Å². The molecule has 0 saturated carbocycles. The molecule has 0 bridgehead atoms. The molecule has 2 nitrogen and oxygen atoms in total. The van der Waals surface area contributed by atoms with Crippen molar-refractivity contribution in [2.45, 2.75) is 6.92 Å². The minimum Gasteiger partial charge on any atom is -0.399 e. The monoisotopic (exact) mass is 202 g/mol. The van der Waals surface area contributed by atoms with Crippen molar-refractivity contribution in [3.63, 3.8) is 0 Å². The van der Waals surface area contributed by atoms with E-state index >= 15 is 0 Å². The lowest BCUT2D eigenvalue weighted by Crippen LogP contribution is -2.01. The molecule has 0 unspecified atom stereocenters. The first-order valence-corrected chi connectivity index (χ1v) is 4.70. The van der Waals surface area contributed by atoms with Crippen molar-refractivity contribution in [1.29, 1.82) is 0 Å². The molecule has 0 amide bonds. The topological polar surface area (TPSA) is 38.0 Å². The van der Waals surface area contributed by atoms with Gasteiger partial charge >= 0.3 is 0 Å². The summed E-state index contributed by atoms with van der Waals surface area (Å²) in [5, 5.41) is 3.10. The molecule has 0 aromatic carbocycles. The van der Waals surface area contributed by atoms with Crippen LogP contribution in [-0.4, -0.2) is 0 Å². The second-order valence-corrected chi connectivity index (χ2v) is 2.80. The van der Waals surface area contributed by atoms with E-state index in [9.17, 15) is 0 Å². The third kappa shape index (κ3) is 8.37. The fraction of sp³-hybridized carbons (Fsp3) is 0.0769. The average Bonchev–Trinajstić information content (AvgIpc) is 2.17. The smallest absolute Gasteiger partial charge is 0.0376 e. The molecule has 80 valence electrons. The van der Waals surface area contributed by atoms with Crippen molar-refractivity contribution in [3.8, 4) is 0 Å². The number of hydrogen-bond acceptors (Lipinski definition) is 2. The number of rotatable bonds is 6. The number of nitrogens with one attached hydrogen (secondary N) is 1. The summed E-state index contributed by atoms with van der Waals surface area (Å²) in [7, 11) is 0. The predicted octanol–water partition coefficient (Wildman–Crippen LogP) is 2.76. The first-order chi connectivity index (χ1) is 7.20. The fourth-order valence-corrected chi connectivity index (χ4v) is 0.837. The largest absolute Gasteiger partial charge is 0.399 e. The second-order valence-electron chi connectivity index (χ2n) is 2.80. The third-order valence-corrected chi connectivity index (χ3v) is 1.41. The Kier molecular flexibility index (Phi) is 7.50. The van der Waals surface area contributed by atoms with Crippen molar-refractivity contribution < 1.29 is 0 Å². The standard InChI is InChI=1S/C13H18N2/c1-4-8-13(9-5-2)15-11-7-6-10-12(3)14/h4-11,15H,1,3,14H2,2H3/b9-5-,10-6-,11-7-,13-8+. The summed E-state index contributed by atoms with van der Waals surface area (Å²) in [4.78, 5) is 0. The van der Waals surface area contributed by atoms with E-state index in [4.69, 9.17) is 5.73 Å². The van der Waals surface area contributed by atoms with Crippen LogP contribution in [-0.2, 0) is 0 Å². The molecule has 2 heteroatoms. The lowest BCUT2D eigenvalue weighted by atomic mass is 10.3. The fourth-order valence-electron chi connectivity index (χ4n) is 0.837. The highest BCUT2D eigenvalue weighted by molar-refractivity contribution is 5.23. The second kappa shape index (κ2) is 8.63. The van der Waals surface area contributed by atoms with Crippen LogP contribution in [0.15, 0.2) is 73.3 Å². The molecule has 0 fully saturated rings. The Balaban J connectivity index is 4.16. The molecule has 0 aliphatic rings. The molecule has 0 aliphatic carbocycles. The summed E-state index contributed by atoms with van der Waals surface area (Å²) < 4.78 is 0. The van der Waals surface area contributed by atoms with Crippen molar-refractivity contribution in [3.05, 3.63) is 73.3 Å². The van der Waals surface area contributed by atoms with Crippen LogP contribution in [0, 0.1) is 0 Å². The van der Waals surface area contributed by atoms with Crippen molar-refractivity contribution in [2.75, 3.05) is 0 Å². The predicted molar refractivity (Wildman–Crippen MR) is 67.8 cm³/mol. The quantitative estimate of drug-likeness (QED) is 0.650. The Bertz CT molecular complexity index is 317. The van der Waals surface area contributed by atoms with Gasteiger partial charge in [0, 0.05) is 17.6 Å². The molecule has 0 atom stereocenters. The molecule has 0 aromatic heterocycles. The van der Waals surface area contributed by atoms with Crippen LogP contribution in [0.2, 0.25) is 0 Å². The first kappa shape index (κ1) is 13.0. The van der Waals surface area contributed by atoms with Gasteiger partial charge in [-0.1, -0.05) is 31.4 Å². The van der Waals surface area contributed by atoms with Crippen LogP contribution in [0.25, 0.3) is 0 Å². The van der Waals surface area contributed by atoms with Crippen LogP contribution in [0.5, 0.6) is 0 Å². The molecule has 0 aromatic rings. The summed E-state index contributed by atoms with van der Waals surface area (Å²) >= 11 is 0. The highest BCUT2D eigenvalue weighted by Crippen LogP contribution is 1.92. The van der Waals surface area contributed by atoms with Crippen LogP contribution in [0.4, 0.5) is 0 Å². The zero-order chi connectivity index (χ0) is 11.5. The van der Waals surface area contributed by atoms with E-state index in [0.29, 0.717) is 5.70 Å². The van der Waals surface area contributed by atoms with Crippen LogP contribution < -0.4 is 11.1 Å². The van der Waals surface area contributed by atoms with Gasteiger partial charge in [0.2, 0.25) is 0 Å². The highest BCUT2D eigenvalue weighted by atomic mass is 14.8. The molecule has 0 saturated heterocycles. The Hall–Kier alpha value is -1.96. The summed E-state index contributed by atoms with van der Waals surface area (Å²) in [5.41, 5.74) is 6.87. The van der Waals surface area contributed by atoms with Gasteiger partial charge in [0.05, 0.1) is 0 Å². The molecular formula is C13H18N2. The lowest BCUT2D eigenvalue weighted by molar-refractivity contribution is 1.11. The van der Waals surface area contributed by atoms with E-state index in [1.807, 2.05) is 43.5 Å². The maximum atomic E-state index is 5.36. The minimum absolute atomic E-state index is 0.537. The Morgan fingerprint density at radius 3 is 2.53 bits per heavy atom. The molecule has 0 radical (unpaired) electrons. The van der Waals surface area contributed by atoms with Gasteiger partial charge in [-0.15, -0.1) is 0 Å². The van der Waals surface area contributed by atoms with Gasteiger partial charge in [-0.3, -0.25) is 0 Å². The van der Waals surface area contributed by atoms with Crippen molar-refractivity contribution >= 4 is 0 Å². The van der Waals surface area contributed by atoms with Gasteiger partial charge in [-0.25, -0.2) is 0 Å². The summed E-state index contributed by atoms with van der Waals surface area (Å²) in [6.45, 7) is 9.14. The molecular weight excluding hydrogens is 184 g/mol. The minimum atomic E-state index is 0.537. The van der Waals surface area contributed by atoms with Crippen LogP contribution in [0.1, 0.15) is 6.92 Å². The molecule has 0 spiro atoms. The molecule has 3 N–H and O–H groups in total. The SMILES string of the molecule is C=C/C=C(\C=C/C)N/C=C\C=C/C(=C)N. The van der Waals surface area contributed by atoms with Crippen LogP contribution in [0.3, 0.4) is 0 Å². The van der Waals surface area contributed by atoms with Gasteiger partial charge < -0.3 is 11.1 Å². The Morgan fingerprint density at radius 1 is 1.27 bits per heavy atom. The van der Waals surface area contributed by atoms with Crippen molar-refractivity contribution in [1.82, 2.24) is 5.32 Å². The number of nitrogens with two attached hydrogens (primary N) is 1. The van der Waals surface area contributed by atoms with E-state index in [1.165, 1.54) is 0 Å². The Labute approximate surface area is 91.9 Å². The van der Waals surface area contributed by atoms with E-state index in [1.54, 1.807) is 12.2 Å². The number of hydrogen-bond donors (Lipinski definition) is 2. The van der Waals surface area contributed by atoms with Gasteiger partial charge in [0.15, 0.2) is 0 Å². The maximum Gasteiger partial charge on any atom is 0.0376 e. The zero-order valence-electron chi connectivity index (χ0n) is 9.11. The number of allylic oxidation sites excluding steroid dienone is 7. The van der Waals surface area contributed by atoms with Gasteiger partial charge in [0.25, 0.3) is 0 Å². The average molecular weight is 202 g/mol. The summed E-state index contributed by atoms with van der Waals surface area (Å²) in [6, 6.07) is 0. The van der Waals surface area contributed by atoms with E-state index in [-0.39, 0.29) is 0 Å². The first-order valence-electron chi connectivity index (χ1n) is 4.70. The Morgan fingerprint density at radius 2 is 2.00 bits per heavy atom. The highest BCUT2D eigenvalue weighted by Gasteiger charge is 1.82. The van der Waals surface area contributed by atoms with Gasteiger partial charge in [-0.05, 0) is 31.2 Å². The maximum absolute atomic E-state index is 5.36. The third-order valence-electron chi connectivity index (χ3n) is 1.41.